The van der Waals surface area contributed by atoms with E-state index >= 15 is 0 Å². The molecule has 10 heteroatoms. The van der Waals surface area contributed by atoms with Crippen molar-refractivity contribution in [3.8, 4) is 45.6 Å². The summed E-state index contributed by atoms with van der Waals surface area (Å²) in [6, 6.07) is 14.9. The van der Waals surface area contributed by atoms with Crippen molar-refractivity contribution < 1.29 is 0 Å². The highest BCUT2D eigenvalue weighted by Crippen LogP contribution is 2.22. The lowest BCUT2D eigenvalue weighted by Gasteiger charge is -2.09. The lowest BCUT2D eigenvalue weighted by molar-refractivity contribution is 0.860. The molecule has 176 valence electrons. The van der Waals surface area contributed by atoms with Crippen molar-refractivity contribution in [2.45, 2.75) is 6.42 Å². The Bertz CT molecular complexity index is 1390. The molecule has 6 aromatic heterocycles. The van der Waals surface area contributed by atoms with Crippen LogP contribution < -0.4 is 0 Å². The molecule has 0 aliphatic rings. The molecule has 0 atom stereocenters. The summed E-state index contributed by atoms with van der Waals surface area (Å²) in [5.74, 6) is 3.21. The smallest absolute Gasteiger partial charge is 0.163 e. The third-order valence-electron chi connectivity index (χ3n) is 5.43. The predicted molar refractivity (Wildman–Crippen MR) is 135 cm³/mol. The molecule has 0 aliphatic carbocycles. The van der Waals surface area contributed by atoms with Gasteiger partial charge in [0.05, 0.1) is 6.42 Å². The molecular formula is C27H18N10. The largest absolute Gasteiger partial charge is 0.265 e. The fourth-order valence-corrected chi connectivity index (χ4v) is 3.66. The summed E-state index contributed by atoms with van der Waals surface area (Å²) in [5, 5.41) is 0. The zero-order chi connectivity index (χ0) is 24.9. The van der Waals surface area contributed by atoms with Gasteiger partial charge in [0.15, 0.2) is 23.3 Å². The Kier molecular flexibility index (Phi) is 6.02. The lowest BCUT2D eigenvalue weighted by atomic mass is 10.2. The van der Waals surface area contributed by atoms with Crippen LogP contribution in [0.15, 0.2) is 98.1 Å². The van der Waals surface area contributed by atoms with Crippen LogP contribution in [0.4, 0.5) is 0 Å². The average molecular weight is 483 g/mol. The summed E-state index contributed by atoms with van der Waals surface area (Å²) in [4.78, 5) is 44.8. The Labute approximate surface area is 211 Å². The first-order valence-electron chi connectivity index (χ1n) is 11.4. The number of nitrogens with zero attached hydrogens (tertiary/aromatic N) is 10. The topological polar surface area (TPSA) is 129 Å². The van der Waals surface area contributed by atoms with Crippen molar-refractivity contribution in [1.82, 2.24) is 49.8 Å². The van der Waals surface area contributed by atoms with Crippen molar-refractivity contribution in [2.24, 2.45) is 0 Å². The van der Waals surface area contributed by atoms with Gasteiger partial charge in [-0.2, -0.15) is 0 Å². The zero-order valence-corrected chi connectivity index (χ0v) is 19.4. The van der Waals surface area contributed by atoms with E-state index in [0.29, 0.717) is 34.9 Å². The van der Waals surface area contributed by atoms with Gasteiger partial charge in [0, 0.05) is 71.8 Å². The van der Waals surface area contributed by atoms with Crippen molar-refractivity contribution >= 4 is 0 Å². The van der Waals surface area contributed by atoms with Gasteiger partial charge < -0.3 is 0 Å². The second-order valence-corrected chi connectivity index (χ2v) is 7.92. The first-order chi connectivity index (χ1) is 18.3. The molecule has 0 spiro atoms. The highest BCUT2D eigenvalue weighted by atomic mass is 15.1. The number of rotatable bonds is 6. The summed E-state index contributed by atoms with van der Waals surface area (Å²) >= 11 is 0. The first kappa shape index (κ1) is 22.1. The van der Waals surface area contributed by atoms with Gasteiger partial charge in [0.25, 0.3) is 0 Å². The summed E-state index contributed by atoms with van der Waals surface area (Å²) in [5.41, 5.74) is 3.33. The SMILES string of the molecule is c1cc(-c2nc(Cc3nc(-c4ccncc4)nc(-c4ccncc4)n3)nc(-c3ccncc3)n2)ccn1. The minimum atomic E-state index is 0.275. The Morgan fingerprint density at radius 1 is 0.324 bits per heavy atom. The maximum atomic E-state index is 4.74. The Balaban J connectivity index is 1.46. The van der Waals surface area contributed by atoms with Gasteiger partial charge in [0.1, 0.15) is 11.6 Å². The predicted octanol–water partition coefficient (Wildman–Crippen LogP) is 3.90. The van der Waals surface area contributed by atoms with Crippen LogP contribution in [0.2, 0.25) is 0 Å². The molecule has 0 fully saturated rings. The molecule has 0 saturated heterocycles. The lowest BCUT2D eigenvalue weighted by Crippen LogP contribution is -2.08. The molecule has 6 aromatic rings. The van der Waals surface area contributed by atoms with Crippen LogP contribution in [0, 0.1) is 0 Å². The highest BCUT2D eigenvalue weighted by Gasteiger charge is 2.15. The summed E-state index contributed by atoms with van der Waals surface area (Å²) in [6.07, 6.45) is 13.9. The molecule has 0 unspecified atom stereocenters. The molecule has 0 radical (unpaired) electrons. The van der Waals surface area contributed by atoms with E-state index in [1.54, 1.807) is 49.6 Å². The quantitative estimate of drug-likeness (QED) is 0.345. The molecule has 0 saturated carbocycles. The zero-order valence-electron chi connectivity index (χ0n) is 19.4. The number of aromatic nitrogens is 10. The number of hydrogen-bond donors (Lipinski definition) is 0. The van der Waals surface area contributed by atoms with Gasteiger partial charge in [0.2, 0.25) is 0 Å². The molecule has 6 heterocycles. The van der Waals surface area contributed by atoms with Crippen LogP contribution in [0.1, 0.15) is 11.6 Å². The second-order valence-electron chi connectivity index (χ2n) is 7.92. The van der Waals surface area contributed by atoms with E-state index in [1.807, 2.05) is 48.5 Å². The summed E-state index contributed by atoms with van der Waals surface area (Å²) < 4.78 is 0. The third-order valence-corrected chi connectivity index (χ3v) is 5.43. The molecule has 6 rings (SSSR count). The number of hydrogen-bond acceptors (Lipinski definition) is 10. The van der Waals surface area contributed by atoms with Gasteiger partial charge in [-0.15, -0.1) is 0 Å². The first-order valence-corrected chi connectivity index (χ1v) is 11.4. The molecule has 10 nitrogen and oxygen atoms in total. The molecule has 0 amide bonds. The van der Waals surface area contributed by atoms with E-state index in [2.05, 4.69) is 19.9 Å². The number of pyridine rings is 4. The maximum Gasteiger partial charge on any atom is 0.163 e. The summed E-state index contributed by atoms with van der Waals surface area (Å²) in [6.45, 7) is 0. The van der Waals surface area contributed by atoms with Crippen molar-refractivity contribution in [2.75, 3.05) is 0 Å². The third kappa shape index (κ3) is 5.03. The van der Waals surface area contributed by atoms with Gasteiger partial charge >= 0.3 is 0 Å². The Morgan fingerprint density at radius 2 is 0.568 bits per heavy atom. The normalized spacial score (nSPS) is 10.8. The van der Waals surface area contributed by atoms with E-state index < -0.39 is 0 Å². The van der Waals surface area contributed by atoms with Gasteiger partial charge in [-0.1, -0.05) is 0 Å². The van der Waals surface area contributed by atoms with Gasteiger partial charge in [-0.05, 0) is 48.5 Å². The standard InChI is InChI=1S/C27H18N10/c1-9-28-10-2-18(1)24-32-22(33-25(36-24)19-3-11-29-12-4-19)17-23-34-26(20-5-13-30-14-6-20)37-27(35-23)21-7-15-31-16-8-21/h1-16H,17H2. The van der Waals surface area contributed by atoms with Crippen LogP contribution in [-0.2, 0) is 6.42 Å². The highest BCUT2D eigenvalue weighted by molar-refractivity contribution is 5.61. The minimum absolute atomic E-state index is 0.275. The maximum absolute atomic E-state index is 4.74. The molecular weight excluding hydrogens is 464 g/mol. The summed E-state index contributed by atoms with van der Waals surface area (Å²) in [7, 11) is 0. The monoisotopic (exact) mass is 482 g/mol. The molecule has 0 aromatic carbocycles. The van der Waals surface area contributed by atoms with Crippen LogP contribution in [0.5, 0.6) is 0 Å². The second kappa shape index (κ2) is 10.1. The Hall–Kier alpha value is -5.38. The van der Waals surface area contributed by atoms with E-state index in [9.17, 15) is 0 Å². The van der Waals surface area contributed by atoms with Crippen LogP contribution >= 0.6 is 0 Å². The van der Waals surface area contributed by atoms with E-state index in [4.69, 9.17) is 29.9 Å². The molecule has 0 aliphatic heterocycles. The van der Waals surface area contributed by atoms with Crippen molar-refractivity contribution in [1.29, 1.82) is 0 Å². The molecule has 0 bridgehead atoms. The van der Waals surface area contributed by atoms with Gasteiger partial charge in [-0.3, -0.25) is 19.9 Å². The van der Waals surface area contributed by atoms with Crippen LogP contribution in [-0.4, -0.2) is 49.8 Å². The van der Waals surface area contributed by atoms with E-state index in [-0.39, 0.29) is 6.42 Å². The van der Waals surface area contributed by atoms with E-state index in [0.717, 1.165) is 22.3 Å². The Morgan fingerprint density at radius 3 is 0.811 bits per heavy atom. The fourth-order valence-electron chi connectivity index (χ4n) is 3.66. The molecule has 37 heavy (non-hydrogen) atoms. The molecule has 0 N–H and O–H groups in total. The van der Waals surface area contributed by atoms with Crippen LogP contribution in [0.3, 0.4) is 0 Å². The average Bonchev–Trinajstić information content (AvgIpc) is 2.99. The fraction of sp³-hybridized carbons (Fsp3) is 0.0370. The minimum Gasteiger partial charge on any atom is -0.265 e. The van der Waals surface area contributed by atoms with Crippen molar-refractivity contribution in [3.63, 3.8) is 0 Å². The van der Waals surface area contributed by atoms with Gasteiger partial charge in [-0.25, -0.2) is 29.9 Å². The van der Waals surface area contributed by atoms with Crippen LogP contribution in [0.25, 0.3) is 45.6 Å². The van der Waals surface area contributed by atoms with E-state index in [1.165, 1.54) is 0 Å². The van der Waals surface area contributed by atoms with Crippen molar-refractivity contribution in [3.05, 3.63) is 110 Å².